The Kier molecular flexibility index (Phi) is 4.08. The maximum atomic E-state index is 6.00. The minimum Gasteiger partial charge on any atom is -0.331 e. The van der Waals surface area contributed by atoms with Crippen molar-refractivity contribution in [2.45, 2.75) is 26.3 Å². The van der Waals surface area contributed by atoms with E-state index in [9.17, 15) is 0 Å². The van der Waals surface area contributed by atoms with E-state index in [0.717, 1.165) is 30.8 Å². The standard InChI is InChI=1S/C13H14Cl2N2/c1-2-3-13-16-6-7-17(13)9-10-4-5-11(14)12(15)8-10/h4-8H,2-3,9H2,1H3. The summed E-state index contributed by atoms with van der Waals surface area (Å²) in [5, 5.41) is 1.19. The van der Waals surface area contributed by atoms with Gasteiger partial charge < -0.3 is 4.57 Å². The molecule has 0 saturated heterocycles. The summed E-state index contributed by atoms with van der Waals surface area (Å²) in [5.74, 6) is 1.11. The van der Waals surface area contributed by atoms with Crippen molar-refractivity contribution in [1.82, 2.24) is 9.55 Å². The van der Waals surface area contributed by atoms with Gasteiger partial charge in [0, 0.05) is 25.4 Å². The molecule has 0 aliphatic heterocycles. The maximum Gasteiger partial charge on any atom is 0.108 e. The van der Waals surface area contributed by atoms with Crippen LogP contribution in [-0.2, 0) is 13.0 Å². The smallest absolute Gasteiger partial charge is 0.108 e. The fourth-order valence-electron chi connectivity index (χ4n) is 1.77. The van der Waals surface area contributed by atoms with Gasteiger partial charge in [0.05, 0.1) is 10.0 Å². The lowest BCUT2D eigenvalue weighted by Gasteiger charge is -2.08. The molecule has 2 aromatic rings. The topological polar surface area (TPSA) is 17.8 Å². The molecule has 4 heteroatoms. The number of benzene rings is 1. The van der Waals surface area contributed by atoms with Crippen molar-refractivity contribution in [3.05, 3.63) is 52.0 Å². The summed E-state index contributed by atoms with van der Waals surface area (Å²) in [6.45, 7) is 2.93. The molecule has 0 saturated carbocycles. The molecule has 1 heterocycles. The fourth-order valence-corrected chi connectivity index (χ4v) is 2.09. The summed E-state index contributed by atoms with van der Waals surface area (Å²) < 4.78 is 2.14. The van der Waals surface area contributed by atoms with Crippen molar-refractivity contribution in [2.75, 3.05) is 0 Å². The summed E-state index contributed by atoms with van der Waals surface area (Å²) in [6, 6.07) is 5.72. The third-order valence-corrected chi connectivity index (χ3v) is 3.35. The van der Waals surface area contributed by atoms with Crippen molar-refractivity contribution in [3.63, 3.8) is 0 Å². The molecule has 0 aliphatic rings. The second-order valence-electron chi connectivity index (χ2n) is 3.97. The van der Waals surface area contributed by atoms with Crippen LogP contribution in [0.5, 0.6) is 0 Å². The number of hydrogen-bond donors (Lipinski definition) is 0. The minimum absolute atomic E-state index is 0.592. The molecule has 0 bridgehead atoms. The quantitative estimate of drug-likeness (QED) is 0.813. The molecule has 0 atom stereocenters. The normalized spacial score (nSPS) is 10.8. The van der Waals surface area contributed by atoms with Crippen LogP contribution < -0.4 is 0 Å². The van der Waals surface area contributed by atoms with E-state index in [1.807, 2.05) is 30.6 Å². The van der Waals surface area contributed by atoms with Crippen LogP contribution in [0.2, 0.25) is 10.0 Å². The minimum atomic E-state index is 0.592. The molecule has 2 rings (SSSR count). The van der Waals surface area contributed by atoms with Crippen molar-refractivity contribution < 1.29 is 0 Å². The molecule has 0 radical (unpaired) electrons. The Bertz CT molecular complexity index is 506. The van der Waals surface area contributed by atoms with E-state index in [0.29, 0.717) is 10.0 Å². The average Bonchev–Trinajstić information content (AvgIpc) is 2.72. The lowest BCUT2D eigenvalue weighted by Crippen LogP contribution is -2.04. The van der Waals surface area contributed by atoms with Crippen LogP contribution in [0.3, 0.4) is 0 Å². The van der Waals surface area contributed by atoms with Gasteiger partial charge in [0.1, 0.15) is 5.82 Å². The molecule has 0 fully saturated rings. The number of imidazole rings is 1. The molecule has 90 valence electrons. The first-order valence-corrected chi connectivity index (χ1v) is 6.40. The summed E-state index contributed by atoms with van der Waals surface area (Å²) >= 11 is 11.9. The van der Waals surface area contributed by atoms with Gasteiger partial charge in [-0.3, -0.25) is 0 Å². The highest BCUT2D eigenvalue weighted by molar-refractivity contribution is 6.42. The van der Waals surface area contributed by atoms with Crippen LogP contribution in [0.4, 0.5) is 0 Å². The summed E-state index contributed by atoms with van der Waals surface area (Å²) in [5.41, 5.74) is 1.13. The zero-order chi connectivity index (χ0) is 12.3. The fraction of sp³-hybridized carbons (Fsp3) is 0.308. The van der Waals surface area contributed by atoms with Gasteiger partial charge in [-0.2, -0.15) is 0 Å². The van der Waals surface area contributed by atoms with E-state index in [-0.39, 0.29) is 0 Å². The SMILES string of the molecule is CCCc1nccn1Cc1ccc(Cl)c(Cl)c1. The third kappa shape index (κ3) is 3.02. The predicted octanol–water partition coefficient (Wildman–Crippen LogP) is 4.19. The van der Waals surface area contributed by atoms with Gasteiger partial charge in [0.15, 0.2) is 0 Å². The van der Waals surface area contributed by atoms with Gasteiger partial charge >= 0.3 is 0 Å². The Hall–Kier alpha value is -0.990. The molecule has 0 spiro atoms. The summed E-state index contributed by atoms with van der Waals surface area (Å²) in [7, 11) is 0. The van der Waals surface area contributed by atoms with Gasteiger partial charge in [-0.15, -0.1) is 0 Å². The molecule has 0 unspecified atom stereocenters. The second kappa shape index (κ2) is 5.56. The number of rotatable bonds is 4. The number of halogens is 2. The maximum absolute atomic E-state index is 6.00. The lowest BCUT2D eigenvalue weighted by molar-refractivity contribution is 0.705. The van der Waals surface area contributed by atoms with Gasteiger partial charge in [0.25, 0.3) is 0 Å². The molecule has 17 heavy (non-hydrogen) atoms. The van der Waals surface area contributed by atoms with Crippen LogP contribution in [0, 0.1) is 0 Å². The average molecular weight is 269 g/mol. The number of hydrogen-bond acceptors (Lipinski definition) is 1. The first kappa shape index (κ1) is 12.5. The van der Waals surface area contributed by atoms with Crippen LogP contribution in [0.1, 0.15) is 24.7 Å². The highest BCUT2D eigenvalue weighted by Crippen LogP contribution is 2.23. The second-order valence-corrected chi connectivity index (χ2v) is 4.78. The predicted molar refractivity (Wildman–Crippen MR) is 71.8 cm³/mol. The summed E-state index contributed by atoms with van der Waals surface area (Å²) in [6.07, 6.45) is 5.92. The molecular formula is C13H14Cl2N2. The van der Waals surface area contributed by atoms with Crippen LogP contribution in [0.25, 0.3) is 0 Å². The Morgan fingerprint density at radius 1 is 1.24 bits per heavy atom. The van der Waals surface area contributed by atoms with E-state index in [1.54, 1.807) is 0 Å². The first-order chi connectivity index (χ1) is 8.20. The Balaban J connectivity index is 2.19. The highest BCUT2D eigenvalue weighted by Gasteiger charge is 2.04. The van der Waals surface area contributed by atoms with Crippen molar-refractivity contribution in [3.8, 4) is 0 Å². The van der Waals surface area contributed by atoms with E-state index >= 15 is 0 Å². The molecular weight excluding hydrogens is 255 g/mol. The van der Waals surface area contributed by atoms with Crippen LogP contribution in [-0.4, -0.2) is 9.55 Å². The van der Waals surface area contributed by atoms with E-state index in [1.165, 1.54) is 0 Å². The van der Waals surface area contributed by atoms with Crippen LogP contribution in [0.15, 0.2) is 30.6 Å². The summed E-state index contributed by atoms with van der Waals surface area (Å²) in [4.78, 5) is 4.35. The Labute approximate surface area is 111 Å². The monoisotopic (exact) mass is 268 g/mol. The molecule has 0 aliphatic carbocycles. The van der Waals surface area contributed by atoms with Gasteiger partial charge in [-0.25, -0.2) is 4.98 Å². The van der Waals surface area contributed by atoms with Crippen molar-refractivity contribution in [1.29, 1.82) is 0 Å². The largest absolute Gasteiger partial charge is 0.331 e. The Morgan fingerprint density at radius 3 is 2.76 bits per heavy atom. The molecule has 0 amide bonds. The van der Waals surface area contributed by atoms with Crippen molar-refractivity contribution >= 4 is 23.2 Å². The number of aromatic nitrogens is 2. The highest BCUT2D eigenvalue weighted by atomic mass is 35.5. The zero-order valence-corrected chi connectivity index (χ0v) is 11.2. The van der Waals surface area contributed by atoms with Gasteiger partial charge in [-0.1, -0.05) is 36.2 Å². The first-order valence-electron chi connectivity index (χ1n) is 5.64. The molecule has 1 aromatic heterocycles. The number of aryl methyl sites for hydroxylation is 1. The van der Waals surface area contributed by atoms with Gasteiger partial charge in [-0.05, 0) is 24.1 Å². The molecule has 2 nitrogen and oxygen atoms in total. The Morgan fingerprint density at radius 2 is 2.06 bits per heavy atom. The zero-order valence-electron chi connectivity index (χ0n) is 9.66. The van der Waals surface area contributed by atoms with E-state index < -0.39 is 0 Å². The molecule has 0 N–H and O–H groups in total. The molecule has 1 aromatic carbocycles. The van der Waals surface area contributed by atoms with E-state index in [4.69, 9.17) is 23.2 Å². The van der Waals surface area contributed by atoms with E-state index in [2.05, 4.69) is 16.5 Å². The van der Waals surface area contributed by atoms with Crippen molar-refractivity contribution in [2.24, 2.45) is 0 Å². The lowest BCUT2D eigenvalue weighted by atomic mass is 10.2. The third-order valence-electron chi connectivity index (χ3n) is 2.61. The van der Waals surface area contributed by atoms with Crippen LogP contribution >= 0.6 is 23.2 Å². The number of nitrogens with zero attached hydrogens (tertiary/aromatic N) is 2. The van der Waals surface area contributed by atoms with Gasteiger partial charge in [0.2, 0.25) is 0 Å².